The van der Waals surface area contributed by atoms with E-state index in [1.807, 2.05) is 0 Å². The Hall–Kier alpha value is -0.870. The summed E-state index contributed by atoms with van der Waals surface area (Å²) in [7, 11) is 0. The molecule has 0 aromatic carbocycles. The second kappa shape index (κ2) is 6.34. The van der Waals surface area contributed by atoms with Gasteiger partial charge in [-0.2, -0.15) is 5.10 Å². The normalized spacial score (nSPS) is 15.8. The number of nitrogens with zero attached hydrogens (tertiary/aromatic N) is 3. The van der Waals surface area contributed by atoms with Gasteiger partial charge in [0.15, 0.2) is 0 Å². The van der Waals surface area contributed by atoms with Crippen molar-refractivity contribution in [1.29, 1.82) is 0 Å². The minimum Gasteiger partial charge on any atom is -0.395 e. The molecule has 0 saturated heterocycles. The Bertz CT molecular complexity index is 356. The highest BCUT2D eigenvalue weighted by Gasteiger charge is 2.28. The Morgan fingerprint density at radius 2 is 2.17 bits per heavy atom. The average Bonchev–Trinajstić information content (AvgIpc) is 3.12. The third-order valence-corrected chi connectivity index (χ3v) is 3.80. The summed E-state index contributed by atoms with van der Waals surface area (Å²) in [4.78, 5) is 2.35. The van der Waals surface area contributed by atoms with E-state index in [1.165, 1.54) is 12.8 Å². The van der Waals surface area contributed by atoms with Crippen LogP contribution in [0.25, 0.3) is 0 Å². The summed E-state index contributed by atoms with van der Waals surface area (Å²) >= 11 is 0. The number of rotatable bonds is 8. The fraction of sp³-hybridized carbons (Fsp3) is 0.786. The predicted octanol–water partition coefficient (Wildman–Crippen LogP) is 2.20. The molecule has 18 heavy (non-hydrogen) atoms. The zero-order valence-corrected chi connectivity index (χ0v) is 11.5. The van der Waals surface area contributed by atoms with Gasteiger partial charge in [-0.05, 0) is 31.7 Å². The summed E-state index contributed by atoms with van der Waals surface area (Å²) in [5.74, 6) is 0. The smallest absolute Gasteiger partial charge is 0.0765 e. The van der Waals surface area contributed by atoms with Crippen molar-refractivity contribution in [2.75, 3.05) is 13.2 Å². The van der Waals surface area contributed by atoms with E-state index in [0.717, 1.165) is 31.6 Å². The van der Waals surface area contributed by atoms with Crippen LogP contribution in [-0.4, -0.2) is 39.0 Å². The van der Waals surface area contributed by atoms with Crippen molar-refractivity contribution < 1.29 is 5.11 Å². The molecular formula is C14H25N3O. The Morgan fingerprint density at radius 1 is 1.44 bits per heavy atom. The predicted molar refractivity (Wildman–Crippen MR) is 72.4 cm³/mol. The highest BCUT2D eigenvalue weighted by molar-refractivity contribution is 5.01. The van der Waals surface area contributed by atoms with Crippen LogP contribution in [0.5, 0.6) is 0 Å². The number of hydrogen-bond donors (Lipinski definition) is 1. The molecule has 4 nitrogen and oxygen atoms in total. The molecule has 1 saturated carbocycles. The van der Waals surface area contributed by atoms with E-state index in [1.54, 1.807) is 0 Å². The van der Waals surface area contributed by atoms with Gasteiger partial charge in [0.1, 0.15) is 0 Å². The van der Waals surface area contributed by atoms with Gasteiger partial charge in [-0.3, -0.25) is 9.58 Å². The van der Waals surface area contributed by atoms with E-state index in [9.17, 15) is 0 Å². The van der Waals surface area contributed by atoms with E-state index in [2.05, 4.69) is 40.8 Å². The second-order valence-corrected chi connectivity index (χ2v) is 5.18. The molecule has 2 rings (SSSR count). The van der Waals surface area contributed by atoms with Gasteiger partial charge in [-0.1, -0.05) is 13.8 Å². The van der Waals surface area contributed by atoms with E-state index in [-0.39, 0.29) is 6.61 Å². The molecule has 1 N–H and O–H groups in total. The van der Waals surface area contributed by atoms with Gasteiger partial charge in [0, 0.05) is 25.3 Å². The minimum atomic E-state index is 0.240. The van der Waals surface area contributed by atoms with Crippen molar-refractivity contribution in [3.05, 3.63) is 18.0 Å². The third-order valence-electron chi connectivity index (χ3n) is 3.80. The molecular weight excluding hydrogens is 226 g/mol. The monoisotopic (exact) mass is 251 g/mol. The van der Waals surface area contributed by atoms with E-state index < -0.39 is 0 Å². The fourth-order valence-electron chi connectivity index (χ4n) is 2.49. The van der Waals surface area contributed by atoms with Crippen LogP contribution in [0.3, 0.4) is 0 Å². The van der Waals surface area contributed by atoms with Gasteiger partial charge in [-0.25, -0.2) is 0 Å². The quantitative estimate of drug-likeness (QED) is 0.770. The largest absolute Gasteiger partial charge is 0.395 e. The molecule has 1 aromatic rings. The molecule has 0 aliphatic heterocycles. The van der Waals surface area contributed by atoms with Crippen molar-refractivity contribution in [2.45, 2.75) is 58.2 Å². The highest BCUT2D eigenvalue weighted by Crippen LogP contribution is 2.27. The lowest BCUT2D eigenvalue weighted by atomic mass is 10.2. The molecule has 0 spiro atoms. The first kappa shape index (κ1) is 13.6. The van der Waals surface area contributed by atoms with Gasteiger partial charge in [0.2, 0.25) is 0 Å². The maximum atomic E-state index is 9.09. The van der Waals surface area contributed by atoms with Crippen LogP contribution in [-0.2, 0) is 6.54 Å². The zero-order chi connectivity index (χ0) is 13.0. The van der Waals surface area contributed by atoms with Crippen molar-refractivity contribution in [1.82, 2.24) is 14.7 Å². The summed E-state index contributed by atoms with van der Waals surface area (Å²) in [5, 5.41) is 13.8. The first-order chi connectivity index (χ1) is 8.78. The first-order valence-electron chi connectivity index (χ1n) is 7.17. The molecule has 1 heterocycles. The van der Waals surface area contributed by atoms with Gasteiger partial charge < -0.3 is 5.11 Å². The maximum Gasteiger partial charge on any atom is 0.0765 e. The lowest BCUT2D eigenvalue weighted by molar-refractivity contribution is 0.181. The maximum absolute atomic E-state index is 9.09. The summed E-state index contributed by atoms with van der Waals surface area (Å²) in [6.07, 6.45) is 6.89. The fourth-order valence-corrected chi connectivity index (χ4v) is 2.49. The molecule has 0 unspecified atom stereocenters. The zero-order valence-electron chi connectivity index (χ0n) is 11.5. The van der Waals surface area contributed by atoms with Gasteiger partial charge >= 0.3 is 0 Å². The summed E-state index contributed by atoms with van der Waals surface area (Å²) in [6.45, 7) is 6.29. The first-order valence-corrected chi connectivity index (χ1v) is 7.17. The summed E-state index contributed by atoms with van der Waals surface area (Å²) in [5.41, 5.74) is 1.13. The van der Waals surface area contributed by atoms with Crippen molar-refractivity contribution in [3.8, 4) is 0 Å². The Morgan fingerprint density at radius 3 is 2.72 bits per heavy atom. The molecule has 0 atom stereocenters. The summed E-state index contributed by atoms with van der Waals surface area (Å²) < 4.78 is 2.10. The Kier molecular flexibility index (Phi) is 4.78. The summed E-state index contributed by atoms with van der Waals surface area (Å²) in [6, 6.07) is 3.31. The number of aliphatic hydroxyl groups excluding tert-OH is 1. The van der Waals surface area contributed by atoms with Crippen molar-refractivity contribution >= 4 is 0 Å². The van der Waals surface area contributed by atoms with Gasteiger partial charge in [0.25, 0.3) is 0 Å². The molecule has 0 amide bonds. The van der Waals surface area contributed by atoms with Crippen molar-refractivity contribution in [2.24, 2.45) is 0 Å². The van der Waals surface area contributed by atoms with Crippen LogP contribution in [0, 0.1) is 0 Å². The molecule has 1 fully saturated rings. The number of aromatic nitrogens is 2. The molecule has 1 aliphatic carbocycles. The SMILES string of the molecule is CCC(CC)n1ccc(CN(CCO)C2CC2)n1. The highest BCUT2D eigenvalue weighted by atomic mass is 16.3. The number of aliphatic hydroxyl groups is 1. The standard InChI is InChI=1S/C14H25N3O/c1-3-13(4-2)17-8-7-12(15-17)11-16(9-10-18)14-5-6-14/h7-8,13-14,18H,3-6,9-11H2,1-2H3. The topological polar surface area (TPSA) is 41.3 Å². The number of hydrogen-bond acceptors (Lipinski definition) is 3. The molecule has 1 aliphatic rings. The van der Waals surface area contributed by atoms with Crippen LogP contribution < -0.4 is 0 Å². The second-order valence-electron chi connectivity index (χ2n) is 5.18. The molecule has 0 bridgehead atoms. The van der Waals surface area contributed by atoms with Gasteiger partial charge in [0.05, 0.1) is 18.3 Å². The van der Waals surface area contributed by atoms with Crippen LogP contribution in [0.4, 0.5) is 0 Å². The Labute approximate surface area is 110 Å². The lowest BCUT2D eigenvalue weighted by Crippen LogP contribution is -2.28. The van der Waals surface area contributed by atoms with E-state index in [4.69, 9.17) is 5.11 Å². The third kappa shape index (κ3) is 3.33. The minimum absolute atomic E-state index is 0.240. The van der Waals surface area contributed by atoms with Crippen LogP contribution in [0.1, 0.15) is 51.3 Å². The molecule has 4 heteroatoms. The molecule has 102 valence electrons. The lowest BCUT2D eigenvalue weighted by Gasteiger charge is -2.19. The van der Waals surface area contributed by atoms with Gasteiger partial charge in [-0.15, -0.1) is 0 Å². The van der Waals surface area contributed by atoms with Crippen LogP contribution in [0.2, 0.25) is 0 Å². The van der Waals surface area contributed by atoms with Crippen LogP contribution in [0.15, 0.2) is 12.3 Å². The van der Waals surface area contributed by atoms with E-state index >= 15 is 0 Å². The van der Waals surface area contributed by atoms with Crippen molar-refractivity contribution in [3.63, 3.8) is 0 Å². The average molecular weight is 251 g/mol. The molecule has 0 radical (unpaired) electrons. The van der Waals surface area contributed by atoms with E-state index in [0.29, 0.717) is 12.1 Å². The molecule has 1 aromatic heterocycles. The Balaban J connectivity index is 1.96. The van der Waals surface area contributed by atoms with Crippen LogP contribution >= 0.6 is 0 Å².